The highest BCUT2D eigenvalue weighted by molar-refractivity contribution is 5.82. The molecule has 0 unspecified atom stereocenters. The number of carbonyl (C=O) groups is 1. The number of alkyl carbamates (subject to hydrolysis) is 1. The van der Waals surface area contributed by atoms with Crippen LogP contribution in [0, 0.1) is 17.0 Å². The maximum atomic E-state index is 11.6. The zero-order valence-electron chi connectivity index (χ0n) is 13.6. The molecule has 0 saturated carbocycles. The molecular formula is C15H20N4O4. The van der Waals surface area contributed by atoms with Gasteiger partial charge in [-0.25, -0.2) is 4.79 Å². The van der Waals surface area contributed by atoms with Gasteiger partial charge in [-0.05, 0) is 33.8 Å². The van der Waals surface area contributed by atoms with Crippen LogP contribution < -0.4 is 5.32 Å². The Balaban J connectivity index is 2.08. The van der Waals surface area contributed by atoms with E-state index in [4.69, 9.17) is 4.74 Å². The fraction of sp³-hybridized carbons (Fsp3) is 0.467. The van der Waals surface area contributed by atoms with Crippen LogP contribution in [0.1, 0.15) is 26.3 Å². The Hall–Kier alpha value is -2.64. The van der Waals surface area contributed by atoms with Gasteiger partial charge in [0.15, 0.2) is 0 Å². The first-order chi connectivity index (χ1) is 10.7. The second-order valence-corrected chi connectivity index (χ2v) is 6.25. The van der Waals surface area contributed by atoms with Gasteiger partial charge in [0.2, 0.25) is 0 Å². The Morgan fingerprint density at radius 1 is 1.43 bits per heavy atom. The molecule has 23 heavy (non-hydrogen) atoms. The molecule has 0 aliphatic heterocycles. The van der Waals surface area contributed by atoms with Crippen molar-refractivity contribution < 1.29 is 14.5 Å². The molecule has 0 bridgehead atoms. The second kappa shape index (κ2) is 6.23. The third kappa shape index (κ3) is 4.18. The van der Waals surface area contributed by atoms with Crippen molar-refractivity contribution in [2.75, 3.05) is 6.54 Å². The molecule has 1 heterocycles. The molecule has 1 N–H and O–H groups in total. The van der Waals surface area contributed by atoms with Gasteiger partial charge in [0.05, 0.1) is 23.2 Å². The summed E-state index contributed by atoms with van der Waals surface area (Å²) in [5.74, 6) is 0. The highest BCUT2D eigenvalue weighted by Crippen LogP contribution is 2.25. The standard InChI is InChI=1S/C15H20N4O4/c1-10-7-11-9-17-18(13(11)8-12(10)19(21)22)6-5-16-14(20)23-15(2,3)4/h7-9H,5-6H2,1-4H3,(H,16,20). The third-order valence-electron chi connectivity index (χ3n) is 3.15. The lowest BCUT2D eigenvalue weighted by atomic mass is 10.1. The molecule has 8 heteroatoms. The summed E-state index contributed by atoms with van der Waals surface area (Å²) in [6.07, 6.45) is 1.15. The summed E-state index contributed by atoms with van der Waals surface area (Å²) in [4.78, 5) is 22.2. The predicted molar refractivity (Wildman–Crippen MR) is 85.4 cm³/mol. The van der Waals surface area contributed by atoms with Crippen molar-refractivity contribution in [1.82, 2.24) is 15.1 Å². The molecule has 0 fully saturated rings. The minimum Gasteiger partial charge on any atom is -0.444 e. The minimum absolute atomic E-state index is 0.0550. The topological polar surface area (TPSA) is 99.3 Å². The van der Waals surface area contributed by atoms with E-state index in [9.17, 15) is 14.9 Å². The van der Waals surface area contributed by atoms with Gasteiger partial charge in [-0.1, -0.05) is 0 Å². The summed E-state index contributed by atoms with van der Waals surface area (Å²) in [7, 11) is 0. The Morgan fingerprint density at radius 2 is 2.13 bits per heavy atom. The fourth-order valence-electron chi connectivity index (χ4n) is 2.18. The number of hydrogen-bond acceptors (Lipinski definition) is 5. The molecule has 124 valence electrons. The van der Waals surface area contributed by atoms with E-state index in [-0.39, 0.29) is 5.69 Å². The fourth-order valence-corrected chi connectivity index (χ4v) is 2.18. The highest BCUT2D eigenvalue weighted by atomic mass is 16.6. The molecule has 0 aliphatic carbocycles. The number of rotatable bonds is 4. The van der Waals surface area contributed by atoms with Crippen molar-refractivity contribution in [1.29, 1.82) is 0 Å². The van der Waals surface area contributed by atoms with E-state index in [2.05, 4.69) is 10.4 Å². The van der Waals surface area contributed by atoms with Crippen molar-refractivity contribution in [2.24, 2.45) is 0 Å². The molecule has 0 radical (unpaired) electrons. The predicted octanol–water partition coefficient (Wildman–Crippen LogP) is 2.78. The molecule has 2 aromatic rings. The van der Waals surface area contributed by atoms with E-state index in [1.54, 1.807) is 44.6 Å². The number of aromatic nitrogens is 2. The maximum Gasteiger partial charge on any atom is 0.407 e. The zero-order valence-corrected chi connectivity index (χ0v) is 13.6. The lowest BCUT2D eigenvalue weighted by molar-refractivity contribution is -0.385. The Labute approximate surface area is 133 Å². The molecule has 8 nitrogen and oxygen atoms in total. The van der Waals surface area contributed by atoms with Gasteiger partial charge in [0, 0.05) is 23.6 Å². The van der Waals surface area contributed by atoms with Crippen molar-refractivity contribution >= 4 is 22.7 Å². The number of nitro groups is 1. The maximum absolute atomic E-state index is 11.6. The zero-order chi connectivity index (χ0) is 17.2. The number of fused-ring (bicyclic) bond motifs is 1. The molecule has 1 aromatic carbocycles. The number of amides is 1. The molecule has 0 aliphatic rings. The monoisotopic (exact) mass is 320 g/mol. The Morgan fingerprint density at radius 3 is 2.74 bits per heavy atom. The van der Waals surface area contributed by atoms with Crippen LogP contribution in [0.4, 0.5) is 10.5 Å². The third-order valence-corrected chi connectivity index (χ3v) is 3.15. The van der Waals surface area contributed by atoms with Crippen LogP contribution in [0.5, 0.6) is 0 Å². The summed E-state index contributed by atoms with van der Waals surface area (Å²) < 4.78 is 6.77. The van der Waals surface area contributed by atoms with E-state index >= 15 is 0 Å². The van der Waals surface area contributed by atoms with Crippen LogP contribution in [0.2, 0.25) is 0 Å². The van der Waals surface area contributed by atoms with E-state index < -0.39 is 16.6 Å². The van der Waals surface area contributed by atoms with Crippen molar-refractivity contribution in [3.63, 3.8) is 0 Å². The molecule has 0 spiro atoms. The molecule has 2 rings (SSSR count). The van der Waals surface area contributed by atoms with Crippen LogP contribution >= 0.6 is 0 Å². The molecule has 0 atom stereocenters. The van der Waals surface area contributed by atoms with E-state index in [1.165, 1.54) is 6.07 Å². The molecule has 1 aromatic heterocycles. The van der Waals surface area contributed by atoms with Gasteiger partial charge in [-0.2, -0.15) is 5.10 Å². The first-order valence-electron chi connectivity index (χ1n) is 7.25. The van der Waals surface area contributed by atoms with Crippen LogP contribution in [-0.2, 0) is 11.3 Å². The SMILES string of the molecule is Cc1cc2cnn(CCNC(=O)OC(C)(C)C)c2cc1[N+](=O)[O-]. The molecule has 0 saturated heterocycles. The number of hydrogen-bond donors (Lipinski definition) is 1. The average molecular weight is 320 g/mol. The lowest BCUT2D eigenvalue weighted by Gasteiger charge is -2.19. The Bertz CT molecular complexity index is 746. The van der Waals surface area contributed by atoms with Gasteiger partial charge < -0.3 is 10.1 Å². The number of nitrogens with zero attached hydrogens (tertiary/aromatic N) is 3. The number of nitro benzene ring substituents is 1. The summed E-state index contributed by atoms with van der Waals surface area (Å²) in [5.41, 5.74) is 0.752. The molecule has 1 amide bonds. The average Bonchev–Trinajstić information content (AvgIpc) is 2.77. The first kappa shape index (κ1) is 16.7. The number of benzene rings is 1. The highest BCUT2D eigenvalue weighted by Gasteiger charge is 2.17. The van der Waals surface area contributed by atoms with E-state index in [1.807, 2.05) is 0 Å². The van der Waals surface area contributed by atoms with Crippen molar-refractivity contribution in [3.05, 3.63) is 34.0 Å². The van der Waals surface area contributed by atoms with Crippen LogP contribution in [-0.4, -0.2) is 32.9 Å². The number of carbonyl (C=O) groups excluding carboxylic acids is 1. The Kier molecular flexibility index (Phi) is 4.53. The van der Waals surface area contributed by atoms with E-state index in [0.29, 0.717) is 24.2 Å². The summed E-state index contributed by atoms with van der Waals surface area (Å²) in [5, 5.41) is 18.7. The summed E-state index contributed by atoms with van der Waals surface area (Å²) >= 11 is 0. The number of nitrogens with one attached hydrogen (secondary N) is 1. The largest absolute Gasteiger partial charge is 0.444 e. The molecular weight excluding hydrogens is 300 g/mol. The van der Waals surface area contributed by atoms with E-state index in [0.717, 1.165) is 5.39 Å². The number of ether oxygens (including phenoxy) is 1. The lowest BCUT2D eigenvalue weighted by Crippen LogP contribution is -2.34. The number of aryl methyl sites for hydroxylation is 1. The van der Waals surface area contributed by atoms with Crippen LogP contribution in [0.25, 0.3) is 10.9 Å². The smallest absolute Gasteiger partial charge is 0.407 e. The van der Waals surface area contributed by atoms with Gasteiger partial charge in [-0.15, -0.1) is 0 Å². The van der Waals surface area contributed by atoms with Crippen LogP contribution in [0.15, 0.2) is 18.3 Å². The van der Waals surface area contributed by atoms with Gasteiger partial charge in [0.25, 0.3) is 5.69 Å². The van der Waals surface area contributed by atoms with Crippen molar-refractivity contribution in [2.45, 2.75) is 39.8 Å². The summed E-state index contributed by atoms with van der Waals surface area (Å²) in [6.45, 7) is 7.76. The van der Waals surface area contributed by atoms with Crippen molar-refractivity contribution in [3.8, 4) is 0 Å². The normalized spacial score (nSPS) is 11.5. The van der Waals surface area contributed by atoms with Gasteiger partial charge in [0.1, 0.15) is 5.60 Å². The van der Waals surface area contributed by atoms with Crippen LogP contribution in [0.3, 0.4) is 0 Å². The summed E-state index contributed by atoms with van der Waals surface area (Å²) in [6, 6.07) is 3.24. The first-order valence-corrected chi connectivity index (χ1v) is 7.25. The second-order valence-electron chi connectivity index (χ2n) is 6.25. The van der Waals surface area contributed by atoms with Gasteiger partial charge in [-0.3, -0.25) is 14.8 Å². The van der Waals surface area contributed by atoms with Gasteiger partial charge >= 0.3 is 6.09 Å². The minimum atomic E-state index is -0.555. The quantitative estimate of drug-likeness (QED) is 0.689.